The molecule has 228 valence electrons. The minimum absolute atomic E-state index is 0.500. The van der Waals surface area contributed by atoms with Crippen molar-refractivity contribution < 1.29 is 4.74 Å². The maximum Gasteiger partial charge on any atom is 0.0485 e. The maximum atomic E-state index is 4.80. The molecule has 0 radical (unpaired) electrons. The Bertz CT molecular complexity index is 327. The van der Waals surface area contributed by atoms with Gasteiger partial charge in [0.2, 0.25) is 0 Å². The molecule has 0 saturated carbocycles. The summed E-state index contributed by atoms with van der Waals surface area (Å²) in [6.45, 7) is 44.3. The molecule has 0 N–H and O–H groups in total. The summed E-state index contributed by atoms with van der Waals surface area (Å²) in [7, 11) is 5.92. The lowest BCUT2D eigenvalue weighted by molar-refractivity contribution is 0.167. The quantitative estimate of drug-likeness (QED) is 0.331. The van der Waals surface area contributed by atoms with Gasteiger partial charge in [-0.2, -0.15) is 0 Å². The first kappa shape index (κ1) is 48.9. The van der Waals surface area contributed by atoms with E-state index in [1.165, 1.54) is 19.4 Å². The number of nitrogens with zero attached hydrogens (tertiary/aromatic N) is 1. The van der Waals surface area contributed by atoms with Gasteiger partial charge in [-0.25, -0.2) is 0 Å². The van der Waals surface area contributed by atoms with Crippen molar-refractivity contribution in [2.75, 3.05) is 34.4 Å². The number of rotatable bonds is 7. The van der Waals surface area contributed by atoms with E-state index in [1.54, 1.807) is 7.11 Å². The molecule has 2 nitrogen and oxygen atoms in total. The molecule has 0 atom stereocenters. The Kier molecular flexibility index (Phi) is 44.8. The van der Waals surface area contributed by atoms with Gasteiger partial charge in [0.1, 0.15) is 0 Å². The molecule has 0 amide bonds. The lowest BCUT2D eigenvalue weighted by Crippen LogP contribution is -2.17. The van der Waals surface area contributed by atoms with Crippen molar-refractivity contribution in [3.63, 3.8) is 0 Å². The van der Waals surface area contributed by atoms with Crippen molar-refractivity contribution in [1.82, 2.24) is 4.90 Å². The van der Waals surface area contributed by atoms with Crippen LogP contribution in [0.25, 0.3) is 0 Å². The van der Waals surface area contributed by atoms with Crippen LogP contribution in [0.15, 0.2) is 0 Å². The largest absolute Gasteiger partial charge is 0.384 e. The van der Waals surface area contributed by atoms with E-state index < -0.39 is 0 Å². The van der Waals surface area contributed by atoms with Crippen LogP contribution in [0.3, 0.4) is 0 Å². The van der Waals surface area contributed by atoms with Gasteiger partial charge in [0.05, 0.1) is 0 Å². The molecule has 0 bridgehead atoms. The zero-order chi connectivity index (χ0) is 30.7. The Morgan fingerprint density at radius 1 is 0.556 bits per heavy atom. The minimum Gasteiger partial charge on any atom is -0.384 e. The van der Waals surface area contributed by atoms with Crippen LogP contribution in [0.4, 0.5) is 0 Å². The molecule has 0 aromatic carbocycles. The lowest BCUT2D eigenvalue weighted by atomic mass is 9.84. The van der Waals surface area contributed by atoms with E-state index in [1.807, 2.05) is 0 Å². The summed E-state index contributed by atoms with van der Waals surface area (Å²) >= 11 is 0. The fourth-order valence-corrected chi connectivity index (χ4v) is 1.06. The van der Waals surface area contributed by atoms with E-state index in [2.05, 4.69) is 151 Å². The Morgan fingerprint density at radius 2 is 0.806 bits per heavy atom. The smallest absolute Gasteiger partial charge is 0.0485 e. The van der Waals surface area contributed by atoms with E-state index >= 15 is 0 Å². The average Bonchev–Trinajstić information content (AvgIpc) is 2.68. The van der Waals surface area contributed by atoms with Gasteiger partial charge < -0.3 is 9.64 Å². The fourth-order valence-electron chi connectivity index (χ4n) is 1.06. The van der Waals surface area contributed by atoms with Gasteiger partial charge in [-0.15, -0.1) is 0 Å². The second-order valence-electron chi connectivity index (χ2n) is 14.1. The van der Waals surface area contributed by atoms with Gasteiger partial charge in [0.15, 0.2) is 0 Å². The van der Waals surface area contributed by atoms with E-state index in [9.17, 15) is 0 Å². The van der Waals surface area contributed by atoms with Gasteiger partial charge in [0, 0.05) is 13.7 Å². The third kappa shape index (κ3) is 84.0. The SMILES string of the molecule is CC(C)C(C)(C)C.CC(C)C(C)C.CC(C)CN(C)C.CCC(C)C.CCC(C)C.COCC(C)C. The average molecular weight is 520 g/mol. The van der Waals surface area contributed by atoms with Gasteiger partial charge in [-0.05, 0) is 67.5 Å². The number of ether oxygens (including phenoxy) is 1. The first-order valence-corrected chi connectivity index (χ1v) is 15.2. The Morgan fingerprint density at radius 3 is 0.806 bits per heavy atom. The van der Waals surface area contributed by atoms with Gasteiger partial charge in [0.25, 0.3) is 0 Å². The van der Waals surface area contributed by atoms with Crippen LogP contribution < -0.4 is 0 Å². The molecule has 0 fully saturated rings. The molecule has 0 aromatic rings. The highest BCUT2D eigenvalue weighted by Gasteiger charge is 2.13. The highest BCUT2D eigenvalue weighted by molar-refractivity contribution is 4.64. The highest BCUT2D eigenvalue weighted by atomic mass is 16.5. The first-order chi connectivity index (χ1) is 16.0. The van der Waals surface area contributed by atoms with Crippen molar-refractivity contribution in [3.05, 3.63) is 0 Å². The van der Waals surface area contributed by atoms with Gasteiger partial charge in [-0.3, -0.25) is 0 Å². The highest BCUT2D eigenvalue weighted by Crippen LogP contribution is 2.23. The van der Waals surface area contributed by atoms with Crippen LogP contribution in [0, 0.1) is 46.8 Å². The maximum absolute atomic E-state index is 4.80. The molecule has 0 aliphatic heterocycles. The van der Waals surface area contributed by atoms with Crippen LogP contribution in [-0.2, 0) is 4.74 Å². The zero-order valence-electron chi connectivity index (χ0n) is 30.2. The van der Waals surface area contributed by atoms with Crippen molar-refractivity contribution in [2.45, 2.75) is 144 Å². The Hall–Kier alpha value is -0.0800. The Labute approximate surface area is 235 Å². The van der Waals surface area contributed by atoms with E-state index in [0.717, 1.165) is 42.1 Å². The topological polar surface area (TPSA) is 12.5 Å². The summed E-state index contributed by atoms with van der Waals surface area (Å²) in [6.07, 6.45) is 2.61. The fraction of sp³-hybridized carbons (Fsp3) is 1.00. The minimum atomic E-state index is 0.500. The second kappa shape index (κ2) is 32.9. The zero-order valence-corrected chi connectivity index (χ0v) is 30.2. The molecule has 0 spiro atoms. The lowest BCUT2D eigenvalue weighted by Gasteiger charge is -2.22. The number of hydrogen-bond donors (Lipinski definition) is 0. The van der Waals surface area contributed by atoms with E-state index in [0.29, 0.717) is 11.3 Å². The third-order valence-electron chi connectivity index (χ3n) is 5.93. The molecule has 0 aliphatic rings. The third-order valence-corrected chi connectivity index (χ3v) is 5.93. The molecule has 0 rings (SSSR count). The van der Waals surface area contributed by atoms with E-state index in [-0.39, 0.29) is 0 Å². The monoisotopic (exact) mass is 520 g/mol. The molecule has 0 unspecified atom stereocenters. The van der Waals surface area contributed by atoms with Crippen LogP contribution in [-0.4, -0.2) is 39.3 Å². The predicted molar refractivity (Wildman–Crippen MR) is 174 cm³/mol. The number of methoxy groups -OCH3 is 1. The standard InChI is InChI=1S/C7H16.C6H15N.C6H14.C5H12O.2C5H12/c1-6(2)7(3,4)5;1-6(2)5-7(3)4;1-5(2)6(3)4;1-5(2)4-6-3;2*1-4-5(2)3/h6H,1-5H3;6H,5H2,1-4H3;5-6H,1-4H3;5H,4H2,1-3H3;2*5H,4H2,1-3H3. The molecule has 0 heterocycles. The summed E-state index contributed by atoms with van der Waals surface area (Å²) in [5.41, 5.74) is 0.500. The van der Waals surface area contributed by atoms with Crippen LogP contribution in [0.1, 0.15) is 144 Å². The van der Waals surface area contributed by atoms with Crippen molar-refractivity contribution in [2.24, 2.45) is 46.8 Å². The molecule has 36 heavy (non-hydrogen) atoms. The predicted octanol–water partition coefficient (Wildman–Crippen LogP) is 11.6. The normalized spacial score (nSPS) is 10.8. The summed E-state index contributed by atoms with van der Waals surface area (Å²) in [6, 6.07) is 0. The second-order valence-corrected chi connectivity index (χ2v) is 14.1. The van der Waals surface area contributed by atoms with Gasteiger partial charge in [-0.1, -0.05) is 144 Å². The summed E-state index contributed by atoms with van der Waals surface area (Å²) in [5, 5.41) is 0. The van der Waals surface area contributed by atoms with Crippen molar-refractivity contribution in [1.29, 1.82) is 0 Å². The first-order valence-electron chi connectivity index (χ1n) is 15.2. The van der Waals surface area contributed by atoms with E-state index in [4.69, 9.17) is 4.74 Å². The summed E-state index contributed by atoms with van der Waals surface area (Å²) in [4.78, 5) is 2.20. The van der Waals surface area contributed by atoms with Crippen LogP contribution in [0.2, 0.25) is 0 Å². The van der Waals surface area contributed by atoms with Crippen LogP contribution in [0.5, 0.6) is 0 Å². The molecular weight excluding hydrogens is 438 g/mol. The molecule has 0 saturated heterocycles. The number of hydrogen-bond acceptors (Lipinski definition) is 2. The molecular formula is C34H81NO. The Balaban J connectivity index is -0.0000000754. The summed E-state index contributed by atoms with van der Waals surface area (Å²) in [5.74, 6) is 5.75. The molecule has 0 aliphatic carbocycles. The van der Waals surface area contributed by atoms with Crippen molar-refractivity contribution >= 4 is 0 Å². The van der Waals surface area contributed by atoms with Crippen molar-refractivity contribution in [3.8, 4) is 0 Å². The summed E-state index contributed by atoms with van der Waals surface area (Å²) < 4.78 is 4.80. The van der Waals surface area contributed by atoms with Crippen LogP contribution >= 0.6 is 0 Å². The van der Waals surface area contributed by atoms with Gasteiger partial charge >= 0.3 is 0 Å². The molecule has 0 aromatic heterocycles. The molecule has 2 heteroatoms.